The number of carbonyl (C=O) groups is 3. The Morgan fingerprint density at radius 2 is 0.816 bits per heavy atom. The fourth-order valence-electron chi connectivity index (χ4n) is 13.9. The first-order valence-corrected chi connectivity index (χ1v) is 45.0. The predicted octanol–water partition coefficient (Wildman–Crippen LogP) is 20.8. The van der Waals surface area contributed by atoms with E-state index in [2.05, 4.69) is 32.5 Å². The Morgan fingerprint density at radius 1 is 0.480 bits per heavy atom. The largest absolute Gasteiger partial charge is 0.465 e. The van der Waals surface area contributed by atoms with Crippen molar-refractivity contribution in [3.8, 4) is 0 Å². The highest BCUT2D eigenvalue weighted by atomic mass is 32.2. The summed E-state index contributed by atoms with van der Waals surface area (Å²) in [6.07, 6.45) is 8.17. The normalized spacial score (nSPS) is 17.4. The van der Waals surface area contributed by atoms with E-state index in [1.165, 1.54) is 36.4 Å². The molecule has 2 aliphatic heterocycles. The van der Waals surface area contributed by atoms with Gasteiger partial charge in [-0.1, -0.05) is 185 Å². The molecule has 2 aliphatic rings. The zero-order chi connectivity index (χ0) is 93.0. The Labute approximate surface area is 746 Å². The highest BCUT2D eigenvalue weighted by Gasteiger charge is 2.39. The Morgan fingerprint density at radius 3 is 1.20 bits per heavy atom. The SMILES string of the molecule is C=CC[C@](C)(C[S@](=O)C(C)(C)C)c1ccccc1F.CC(C)(C)OC(=O)NC1=N[C@](C)(c2ccccc2F)CCCO1.CC(C)(C)[S@@](=O)C[C@@](C)(CCCO)c1ccccc1F.C[C@@](CCCO)(CC(=S)NC(=O)c1ccccc1)c1ccccc1F.C[C@@]1(c2ccccc2F)CCCOC(NC(=O)c2ccccc2)=N1.C[C@](N)(CCCO)c1ccccc1F. The van der Waals surface area contributed by atoms with Gasteiger partial charge in [-0.05, 0) is 231 Å². The van der Waals surface area contributed by atoms with Gasteiger partial charge in [-0.2, -0.15) is 0 Å². The van der Waals surface area contributed by atoms with Crippen molar-refractivity contribution in [1.82, 2.24) is 16.0 Å². The molecular weight excluding hydrogens is 1660 g/mol. The van der Waals surface area contributed by atoms with E-state index in [9.17, 15) is 54.3 Å². The number of alkyl carbamates (subject to hydrolysis) is 1. The Balaban J connectivity index is 0.000000268. The Bertz CT molecular complexity index is 4890. The van der Waals surface area contributed by atoms with E-state index in [0.717, 1.165) is 6.42 Å². The smallest absolute Gasteiger partial charge is 0.415 e. The number of nitrogens with zero attached hydrogens (tertiary/aromatic N) is 2. The quantitative estimate of drug-likeness (QED) is 0.0160. The summed E-state index contributed by atoms with van der Waals surface area (Å²) < 4.78 is 125. The fourth-order valence-corrected chi connectivity index (χ4v) is 16.9. The van der Waals surface area contributed by atoms with Gasteiger partial charge < -0.3 is 40.6 Å². The molecule has 2 heterocycles. The van der Waals surface area contributed by atoms with Crippen LogP contribution in [0.1, 0.15) is 235 Å². The number of amidine groups is 2. The van der Waals surface area contributed by atoms with Crippen molar-refractivity contribution >= 4 is 68.8 Å². The van der Waals surface area contributed by atoms with Gasteiger partial charge in [0.1, 0.15) is 40.5 Å². The summed E-state index contributed by atoms with van der Waals surface area (Å²) in [4.78, 5) is 45.8. The van der Waals surface area contributed by atoms with Gasteiger partial charge in [0, 0.05) is 118 Å². The van der Waals surface area contributed by atoms with Gasteiger partial charge in [0.2, 0.25) is 0 Å². The average Bonchev–Trinajstić information content (AvgIpc) is 1.34. The maximum absolute atomic E-state index is 14.3. The zero-order valence-corrected chi connectivity index (χ0v) is 77.4. The lowest BCUT2D eigenvalue weighted by atomic mass is 9.75. The number of aliphatic imine (C=N–C) groups is 2. The van der Waals surface area contributed by atoms with E-state index >= 15 is 0 Å². The summed E-state index contributed by atoms with van der Waals surface area (Å²) >= 11 is 5.36. The van der Waals surface area contributed by atoms with Crippen molar-refractivity contribution in [2.75, 3.05) is 44.5 Å². The Kier molecular flexibility index (Phi) is 42.0. The van der Waals surface area contributed by atoms with E-state index in [-0.39, 0.29) is 88.1 Å². The van der Waals surface area contributed by atoms with Crippen LogP contribution in [0.5, 0.6) is 0 Å². The molecule has 8 aromatic carbocycles. The third kappa shape index (κ3) is 34.3. The van der Waals surface area contributed by atoms with E-state index in [1.54, 1.807) is 185 Å². The van der Waals surface area contributed by atoms with Crippen molar-refractivity contribution < 1.29 is 78.7 Å². The van der Waals surface area contributed by atoms with Crippen LogP contribution >= 0.6 is 12.2 Å². The number of halogens is 6. The summed E-state index contributed by atoms with van der Waals surface area (Å²) in [5.74, 6) is -1.46. The van der Waals surface area contributed by atoms with Crippen LogP contribution in [0.3, 0.4) is 0 Å². The molecule has 26 heteroatoms. The number of aliphatic hydroxyl groups excluding tert-OH is 3. The number of nitrogens with two attached hydrogens (primary N) is 1. The van der Waals surface area contributed by atoms with Gasteiger partial charge >= 0.3 is 6.09 Å². The molecule has 8 N–H and O–H groups in total. The number of carbonyl (C=O) groups excluding carboxylic acids is 3. The van der Waals surface area contributed by atoms with Gasteiger partial charge in [0.05, 0.1) is 29.3 Å². The second kappa shape index (κ2) is 49.5. The predicted molar refractivity (Wildman–Crippen MR) is 496 cm³/mol. The number of hydrogen-bond donors (Lipinski definition) is 7. The maximum atomic E-state index is 14.3. The Hall–Kier alpha value is -9.54. The van der Waals surface area contributed by atoms with Crippen LogP contribution in [0.4, 0.5) is 31.1 Å². The number of amides is 3. The topological polar surface area (TPSA) is 261 Å². The summed E-state index contributed by atoms with van der Waals surface area (Å²) in [6, 6.07) is 57.4. The monoisotopic (exact) mass is 1790 g/mol. The van der Waals surface area contributed by atoms with E-state index in [1.807, 2.05) is 94.4 Å². The third-order valence-electron chi connectivity index (χ3n) is 21.0. The standard InChI is InChI=1S/C20H22FNO2S.C19H19FN2O2.C17H23FN2O3.C16H25FO2S.C16H23FOS.C11H16FNO/c1-20(12-7-13-23,16-10-5-6-11-17(16)21)14-18(25)22-19(24)15-8-3-2-4-9-15;1-19(15-10-5-6-11-16(15)20)12-7-13-24-18(22-19)21-17(23)14-8-3-2-4-9-14;1-16(2,3)23-15(21)19-14-20-17(4,10-7-11-22-14)12-8-5-6-9-13(12)18;1-15(2,3)20(19)12-16(4,10-7-11-18)13-8-5-6-9-14(13)17;1-6-11-16(5,12-19(18)15(2,3)4)13-9-7-8-10-14(13)17;1-11(13,7-4-8-14)9-5-2-3-6-10(9)12/h2-6,8-11,23H,7,12-14H2,1H3,(H,22,24,25);2-6,8-11H,7,12-13H2,1H3,(H,21,22,23);5-6,8-9H,7,10-11H2,1-4H3,(H,19,20,21);5-6,8-9,18H,7,10-12H2,1-4H3;6-10H,1,11-12H2,2-5H3;2-3,5-6,14H,4,7-8,13H2,1H3/t20-;19-;17-;16-,20+;16-,19+;11-/m100110/s1. The molecule has 3 amide bonds. The number of aliphatic hydroxyl groups is 3. The van der Waals surface area contributed by atoms with Gasteiger partial charge in [-0.3, -0.25) is 23.3 Å². The molecule has 0 aliphatic carbocycles. The number of rotatable bonds is 25. The lowest BCUT2D eigenvalue weighted by Gasteiger charge is -2.33. The molecule has 0 spiro atoms. The molecule has 0 bridgehead atoms. The first kappa shape index (κ1) is 106. The van der Waals surface area contributed by atoms with Crippen molar-refractivity contribution in [3.63, 3.8) is 0 Å². The molecule has 10 rings (SSSR count). The van der Waals surface area contributed by atoms with E-state index in [0.29, 0.717) is 145 Å². The molecule has 680 valence electrons. The van der Waals surface area contributed by atoms with Gasteiger partial charge in [-0.25, -0.2) is 46.4 Å². The minimum Gasteiger partial charge on any atom is -0.465 e. The summed E-state index contributed by atoms with van der Waals surface area (Å²) in [5.41, 5.74) is 5.75. The van der Waals surface area contributed by atoms with Crippen molar-refractivity contribution in [3.05, 3.63) is 298 Å². The average molecular weight is 1790 g/mol. The van der Waals surface area contributed by atoms with Gasteiger partial charge in [-0.15, -0.1) is 6.58 Å². The highest BCUT2D eigenvalue weighted by Crippen LogP contribution is 2.40. The van der Waals surface area contributed by atoms with Crippen LogP contribution in [0, 0.1) is 34.9 Å². The molecule has 8 atom stereocenters. The number of nitrogens with one attached hydrogen (secondary N) is 3. The molecule has 17 nitrogen and oxygen atoms in total. The van der Waals surface area contributed by atoms with Gasteiger partial charge in [0.25, 0.3) is 23.9 Å². The summed E-state index contributed by atoms with van der Waals surface area (Å²) in [6.45, 7) is 32.9. The van der Waals surface area contributed by atoms with Crippen LogP contribution in [0.25, 0.3) is 0 Å². The minimum atomic E-state index is -1.07. The molecule has 0 radical (unpaired) electrons. The maximum Gasteiger partial charge on any atom is 0.415 e. The molecule has 0 unspecified atom stereocenters. The van der Waals surface area contributed by atoms with Crippen LogP contribution in [0.15, 0.2) is 229 Å². The molecule has 0 fully saturated rings. The zero-order valence-electron chi connectivity index (χ0n) is 74.9. The van der Waals surface area contributed by atoms with E-state index < -0.39 is 66.2 Å². The van der Waals surface area contributed by atoms with Crippen molar-refractivity contribution in [2.24, 2.45) is 15.7 Å². The fraction of sp³-hybridized carbons (Fsp3) is 0.434. The lowest BCUT2D eigenvalue weighted by molar-refractivity contribution is 0.0548. The van der Waals surface area contributed by atoms with Crippen LogP contribution in [-0.2, 0) is 68.7 Å². The lowest BCUT2D eigenvalue weighted by Crippen LogP contribution is -2.38. The van der Waals surface area contributed by atoms with Gasteiger partial charge in [0.15, 0.2) is 0 Å². The van der Waals surface area contributed by atoms with Crippen LogP contribution in [-0.4, -0.2) is 118 Å². The first-order valence-electron chi connectivity index (χ1n) is 41.9. The molecule has 0 aromatic heterocycles. The first-order chi connectivity index (χ1) is 58.7. The van der Waals surface area contributed by atoms with Crippen molar-refractivity contribution in [2.45, 2.75) is 229 Å². The number of hydrogen-bond acceptors (Lipinski definition) is 15. The van der Waals surface area contributed by atoms with Crippen LogP contribution < -0.4 is 21.7 Å². The van der Waals surface area contributed by atoms with Crippen molar-refractivity contribution in [1.29, 1.82) is 0 Å². The molecule has 0 saturated heterocycles. The number of benzene rings is 8. The third-order valence-corrected chi connectivity index (χ3v) is 25.7. The summed E-state index contributed by atoms with van der Waals surface area (Å²) in [5, 5.41) is 34.9. The van der Waals surface area contributed by atoms with Crippen LogP contribution in [0.2, 0.25) is 0 Å². The minimum absolute atomic E-state index is 0.0210. The second-order valence-corrected chi connectivity index (χ2v) is 40.2. The molecule has 125 heavy (non-hydrogen) atoms. The number of allylic oxidation sites excluding steroid dienone is 1. The molecule has 0 saturated carbocycles. The summed E-state index contributed by atoms with van der Waals surface area (Å²) in [7, 11) is -2.10. The second-order valence-electron chi connectivity index (χ2n) is 35.3. The number of ether oxygens (including phenoxy) is 3. The van der Waals surface area contributed by atoms with E-state index in [4.69, 9.17) is 42.4 Å². The molecule has 8 aromatic rings. The number of thiocarbonyl (C=S) groups is 1. The highest BCUT2D eigenvalue weighted by molar-refractivity contribution is 7.86. The molecular formula is C99H128F6N6O11S3.